The number of carbonyl (C=O) groups is 1. The summed E-state index contributed by atoms with van der Waals surface area (Å²) in [7, 11) is 3.18. The maximum Gasteiger partial charge on any atom is 0.243 e. The lowest BCUT2D eigenvalue weighted by Crippen LogP contribution is -2.20. The van der Waals surface area contributed by atoms with E-state index >= 15 is 0 Å². The molecule has 0 radical (unpaired) electrons. The Kier molecular flexibility index (Phi) is 4.04. The van der Waals surface area contributed by atoms with E-state index in [1.807, 2.05) is 25.1 Å². The lowest BCUT2D eigenvalue weighted by Gasteiger charge is -2.09. The van der Waals surface area contributed by atoms with Gasteiger partial charge in [-0.1, -0.05) is 0 Å². The number of benzene rings is 1. The molecule has 5 nitrogen and oxygen atoms in total. The highest BCUT2D eigenvalue weighted by molar-refractivity contribution is 5.99. The van der Waals surface area contributed by atoms with E-state index < -0.39 is 0 Å². The molecule has 0 saturated heterocycles. The van der Waals surface area contributed by atoms with Gasteiger partial charge in [-0.2, -0.15) is 5.10 Å². The largest absolute Gasteiger partial charge is 0.493 e. The number of hydrazone groups is 1. The van der Waals surface area contributed by atoms with Crippen molar-refractivity contribution in [3.63, 3.8) is 0 Å². The van der Waals surface area contributed by atoms with Crippen LogP contribution >= 0.6 is 0 Å². The molecule has 0 atom stereocenters. The summed E-state index contributed by atoms with van der Waals surface area (Å²) in [4.78, 5) is 11.5. The minimum atomic E-state index is -0.000160. The van der Waals surface area contributed by atoms with Crippen molar-refractivity contribution in [2.45, 2.75) is 19.8 Å². The Morgan fingerprint density at radius 1 is 1.26 bits per heavy atom. The van der Waals surface area contributed by atoms with E-state index in [4.69, 9.17) is 9.47 Å². The summed E-state index contributed by atoms with van der Waals surface area (Å²) in [5, 5.41) is 4.11. The highest BCUT2D eigenvalue weighted by Crippen LogP contribution is 2.29. The summed E-state index contributed by atoms with van der Waals surface area (Å²) in [6.07, 6.45) is 1.94. The maximum atomic E-state index is 11.5. The average molecular weight is 262 g/mol. The molecule has 1 aromatic rings. The maximum absolute atomic E-state index is 11.5. The zero-order valence-corrected chi connectivity index (χ0v) is 11.4. The monoisotopic (exact) mass is 262 g/mol. The first-order chi connectivity index (χ1) is 9.15. The molecule has 1 aliphatic rings. The molecule has 19 heavy (non-hydrogen) atoms. The van der Waals surface area contributed by atoms with Crippen LogP contribution in [0.4, 0.5) is 0 Å². The van der Waals surface area contributed by atoms with Gasteiger partial charge < -0.3 is 9.47 Å². The molecule has 0 unspecified atom stereocenters. The molecule has 1 amide bonds. The molecule has 1 N–H and O–H groups in total. The number of nitrogens with zero attached hydrogens (tertiary/aromatic N) is 1. The lowest BCUT2D eigenvalue weighted by molar-refractivity contribution is -0.122. The summed E-state index contributed by atoms with van der Waals surface area (Å²) in [6, 6.07) is 5.53. The summed E-state index contributed by atoms with van der Waals surface area (Å²) >= 11 is 0. The van der Waals surface area contributed by atoms with Crippen LogP contribution in [0.25, 0.3) is 0 Å². The highest BCUT2D eigenvalue weighted by Gasteiger charge is 2.29. The summed E-state index contributed by atoms with van der Waals surface area (Å²) in [5.74, 6) is 1.46. The predicted molar refractivity (Wildman–Crippen MR) is 72.6 cm³/mol. The van der Waals surface area contributed by atoms with Crippen LogP contribution < -0.4 is 14.9 Å². The van der Waals surface area contributed by atoms with E-state index in [-0.39, 0.29) is 11.8 Å². The van der Waals surface area contributed by atoms with Crippen LogP contribution in [-0.2, 0) is 4.79 Å². The van der Waals surface area contributed by atoms with Gasteiger partial charge in [0.05, 0.1) is 19.9 Å². The number of nitrogens with one attached hydrogen (secondary N) is 1. The molecule has 1 fully saturated rings. The van der Waals surface area contributed by atoms with Crippen LogP contribution in [0.15, 0.2) is 23.3 Å². The van der Waals surface area contributed by atoms with Gasteiger partial charge in [-0.3, -0.25) is 4.79 Å². The van der Waals surface area contributed by atoms with Gasteiger partial charge in [0.1, 0.15) is 0 Å². The van der Waals surface area contributed by atoms with Gasteiger partial charge in [-0.15, -0.1) is 0 Å². The molecular weight excluding hydrogens is 244 g/mol. The fraction of sp³-hybridized carbons (Fsp3) is 0.429. The van der Waals surface area contributed by atoms with Crippen LogP contribution in [0.3, 0.4) is 0 Å². The van der Waals surface area contributed by atoms with Gasteiger partial charge in [0.25, 0.3) is 0 Å². The smallest absolute Gasteiger partial charge is 0.243 e. The Hall–Kier alpha value is -2.04. The Morgan fingerprint density at radius 3 is 2.53 bits per heavy atom. The normalized spacial score (nSPS) is 15.0. The molecule has 0 aromatic heterocycles. The molecule has 0 spiro atoms. The molecule has 5 heteroatoms. The van der Waals surface area contributed by atoms with Gasteiger partial charge in [0, 0.05) is 11.5 Å². The first kappa shape index (κ1) is 13.4. The third-order valence-corrected chi connectivity index (χ3v) is 3.08. The van der Waals surface area contributed by atoms with Crippen molar-refractivity contribution >= 4 is 11.6 Å². The van der Waals surface area contributed by atoms with Crippen molar-refractivity contribution in [1.82, 2.24) is 5.43 Å². The van der Waals surface area contributed by atoms with Crippen molar-refractivity contribution in [1.29, 1.82) is 0 Å². The van der Waals surface area contributed by atoms with Gasteiger partial charge in [-0.25, -0.2) is 5.43 Å². The summed E-state index contributed by atoms with van der Waals surface area (Å²) in [6.45, 7) is 1.84. The summed E-state index contributed by atoms with van der Waals surface area (Å²) < 4.78 is 10.4. The molecule has 2 rings (SSSR count). The third kappa shape index (κ3) is 3.24. The van der Waals surface area contributed by atoms with E-state index in [1.54, 1.807) is 14.2 Å². The number of amides is 1. The van der Waals surface area contributed by atoms with Crippen LogP contribution in [0.5, 0.6) is 11.5 Å². The molecule has 1 aromatic carbocycles. The second kappa shape index (κ2) is 5.73. The summed E-state index contributed by atoms with van der Waals surface area (Å²) in [5.41, 5.74) is 4.20. The van der Waals surface area contributed by atoms with E-state index in [0.29, 0.717) is 11.5 Å². The van der Waals surface area contributed by atoms with Crippen molar-refractivity contribution < 1.29 is 14.3 Å². The standard InChI is InChI=1S/C14H18N2O3/c1-9(15-16-14(17)10-4-5-10)11-6-7-12(18-2)13(8-11)19-3/h6-8,10H,4-5H2,1-3H3,(H,16,17)/b15-9-. The molecule has 102 valence electrons. The molecule has 1 saturated carbocycles. The van der Waals surface area contributed by atoms with Crippen molar-refractivity contribution in [3.05, 3.63) is 23.8 Å². The topological polar surface area (TPSA) is 59.9 Å². The molecule has 0 heterocycles. The molecular formula is C14H18N2O3. The van der Waals surface area contributed by atoms with Crippen molar-refractivity contribution in [2.75, 3.05) is 14.2 Å². The molecule has 1 aliphatic carbocycles. The fourth-order valence-corrected chi connectivity index (χ4v) is 1.70. The minimum absolute atomic E-state index is 0.000160. The SMILES string of the molecule is COc1ccc(/C(C)=N\NC(=O)C2CC2)cc1OC. The fourth-order valence-electron chi connectivity index (χ4n) is 1.70. The molecule has 0 bridgehead atoms. The lowest BCUT2D eigenvalue weighted by atomic mass is 10.1. The second-order valence-corrected chi connectivity index (χ2v) is 4.52. The minimum Gasteiger partial charge on any atom is -0.493 e. The number of rotatable bonds is 5. The zero-order valence-electron chi connectivity index (χ0n) is 11.4. The van der Waals surface area contributed by atoms with E-state index in [9.17, 15) is 4.79 Å². The van der Waals surface area contributed by atoms with E-state index in [2.05, 4.69) is 10.5 Å². The Morgan fingerprint density at radius 2 is 1.95 bits per heavy atom. The number of ether oxygens (including phenoxy) is 2. The Balaban J connectivity index is 2.11. The Labute approximate surface area is 112 Å². The van der Waals surface area contributed by atoms with Crippen LogP contribution in [0.2, 0.25) is 0 Å². The number of hydrogen-bond donors (Lipinski definition) is 1. The third-order valence-electron chi connectivity index (χ3n) is 3.08. The number of hydrogen-bond acceptors (Lipinski definition) is 4. The Bertz CT molecular complexity index is 507. The molecule has 0 aliphatic heterocycles. The second-order valence-electron chi connectivity index (χ2n) is 4.52. The predicted octanol–water partition coefficient (Wildman–Crippen LogP) is 1.95. The first-order valence-electron chi connectivity index (χ1n) is 6.22. The van der Waals surface area contributed by atoms with E-state index in [0.717, 1.165) is 24.1 Å². The van der Waals surface area contributed by atoms with Crippen LogP contribution in [0.1, 0.15) is 25.3 Å². The zero-order chi connectivity index (χ0) is 13.8. The van der Waals surface area contributed by atoms with E-state index in [1.165, 1.54) is 0 Å². The van der Waals surface area contributed by atoms with Crippen LogP contribution in [-0.4, -0.2) is 25.8 Å². The average Bonchev–Trinajstić information content (AvgIpc) is 3.28. The van der Waals surface area contributed by atoms with Crippen molar-refractivity contribution in [2.24, 2.45) is 11.0 Å². The van der Waals surface area contributed by atoms with Gasteiger partial charge >= 0.3 is 0 Å². The number of carbonyl (C=O) groups excluding carboxylic acids is 1. The highest BCUT2D eigenvalue weighted by atomic mass is 16.5. The number of methoxy groups -OCH3 is 2. The van der Waals surface area contributed by atoms with Gasteiger partial charge in [0.15, 0.2) is 11.5 Å². The van der Waals surface area contributed by atoms with Gasteiger partial charge in [0.2, 0.25) is 5.91 Å². The quantitative estimate of drug-likeness (QED) is 0.651. The first-order valence-corrected chi connectivity index (χ1v) is 6.22. The van der Waals surface area contributed by atoms with Crippen molar-refractivity contribution in [3.8, 4) is 11.5 Å². The van der Waals surface area contributed by atoms with Gasteiger partial charge in [-0.05, 0) is 38.0 Å². The van der Waals surface area contributed by atoms with Crippen LogP contribution in [0, 0.1) is 5.92 Å².